The molecule has 0 fully saturated rings. The second-order valence-corrected chi connectivity index (χ2v) is 4.46. The van der Waals surface area contributed by atoms with Crippen molar-refractivity contribution >= 4 is 24.0 Å². The van der Waals surface area contributed by atoms with E-state index in [0.29, 0.717) is 0 Å². The Morgan fingerprint density at radius 1 is 1.64 bits per heavy atom. The van der Waals surface area contributed by atoms with E-state index in [1.165, 1.54) is 9.89 Å². The van der Waals surface area contributed by atoms with E-state index in [2.05, 4.69) is 10.1 Å². The minimum atomic E-state index is 0.0184. The number of hydrogen-bond donors (Lipinski definition) is 0. The molecule has 74 valence electrons. The van der Waals surface area contributed by atoms with Crippen LogP contribution in [0.4, 0.5) is 0 Å². The van der Waals surface area contributed by atoms with Gasteiger partial charge in [-0.3, -0.25) is 4.79 Å². The molecule has 0 aliphatic carbocycles. The van der Waals surface area contributed by atoms with Gasteiger partial charge in [0.25, 0.3) is 0 Å². The van der Waals surface area contributed by atoms with Crippen LogP contribution in [0.1, 0.15) is 28.0 Å². The molecule has 0 bridgehead atoms. The van der Waals surface area contributed by atoms with Gasteiger partial charge in [0, 0.05) is 17.5 Å². The lowest BCUT2D eigenvalue weighted by atomic mass is 10.2. The highest BCUT2D eigenvalue weighted by molar-refractivity contribution is 7.11. The normalized spacial score (nSPS) is 20.4. The van der Waals surface area contributed by atoms with Gasteiger partial charge in [-0.05, 0) is 13.8 Å². The molecule has 1 aromatic heterocycles. The van der Waals surface area contributed by atoms with Crippen molar-refractivity contribution in [2.45, 2.75) is 26.3 Å². The Balaban J connectivity index is 2.27. The van der Waals surface area contributed by atoms with Gasteiger partial charge in [0.05, 0.1) is 5.69 Å². The summed E-state index contributed by atoms with van der Waals surface area (Å²) in [6, 6.07) is 0.0184. The Morgan fingerprint density at radius 2 is 2.43 bits per heavy atom. The average molecular weight is 209 g/mol. The van der Waals surface area contributed by atoms with Gasteiger partial charge in [0.2, 0.25) is 6.41 Å². The zero-order chi connectivity index (χ0) is 10.1. The van der Waals surface area contributed by atoms with E-state index in [9.17, 15) is 4.79 Å². The highest BCUT2D eigenvalue weighted by Crippen LogP contribution is 2.30. The summed E-state index contributed by atoms with van der Waals surface area (Å²) in [5, 5.41) is 6.36. The van der Waals surface area contributed by atoms with Crippen LogP contribution in [0.2, 0.25) is 0 Å². The molecule has 1 aromatic rings. The van der Waals surface area contributed by atoms with E-state index in [-0.39, 0.29) is 6.04 Å². The van der Waals surface area contributed by atoms with Crippen LogP contribution in [0.5, 0.6) is 0 Å². The molecule has 0 aromatic carbocycles. The Hall–Kier alpha value is -1.23. The molecule has 1 aliphatic rings. The third-order valence-corrected chi connectivity index (χ3v) is 3.48. The lowest BCUT2D eigenvalue weighted by molar-refractivity contribution is -0.119. The molecule has 4 nitrogen and oxygen atoms in total. The molecule has 1 unspecified atom stereocenters. The standard InChI is InChI=1S/C9H11N3OS/c1-6-7(2)14-9(11-6)8-3-4-10-12(8)5-13/h4-5,8H,3H2,1-2H3. The summed E-state index contributed by atoms with van der Waals surface area (Å²) in [6.45, 7) is 4.02. The second-order valence-electron chi connectivity index (χ2n) is 3.23. The minimum absolute atomic E-state index is 0.0184. The molecule has 1 atom stereocenters. The lowest BCUT2D eigenvalue weighted by Gasteiger charge is -2.13. The van der Waals surface area contributed by atoms with Crippen LogP contribution in [0.15, 0.2) is 5.10 Å². The highest BCUT2D eigenvalue weighted by Gasteiger charge is 2.25. The van der Waals surface area contributed by atoms with Gasteiger partial charge in [-0.2, -0.15) is 5.10 Å². The van der Waals surface area contributed by atoms with Crippen LogP contribution in [0, 0.1) is 13.8 Å². The number of carbonyl (C=O) groups excluding carboxylic acids is 1. The van der Waals surface area contributed by atoms with Crippen LogP contribution >= 0.6 is 11.3 Å². The van der Waals surface area contributed by atoms with Crippen molar-refractivity contribution < 1.29 is 4.79 Å². The number of rotatable bonds is 2. The Kier molecular flexibility index (Phi) is 2.33. The first-order chi connectivity index (χ1) is 6.72. The molecule has 1 amide bonds. The summed E-state index contributed by atoms with van der Waals surface area (Å²) in [5.74, 6) is 0. The first kappa shape index (κ1) is 9.33. The van der Waals surface area contributed by atoms with Crippen LogP contribution < -0.4 is 0 Å². The predicted molar refractivity (Wildman–Crippen MR) is 55.3 cm³/mol. The van der Waals surface area contributed by atoms with Crippen LogP contribution in [0.25, 0.3) is 0 Å². The molecular weight excluding hydrogens is 198 g/mol. The molecule has 1 aliphatic heterocycles. The molecule has 0 saturated carbocycles. The first-order valence-corrected chi connectivity index (χ1v) is 5.24. The molecular formula is C9H11N3OS. The maximum absolute atomic E-state index is 10.7. The summed E-state index contributed by atoms with van der Waals surface area (Å²) in [6.07, 6.45) is 3.27. The Morgan fingerprint density at radius 3 is 3.00 bits per heavy atom. The van der Waals surface area contributed by atoms with Crippen molar-refractivity contribution in [1.29, 1.82) is 0 Å². The van der Waals surface area contributed by atoms with E-state index in [4.69, 9.17) is 0 Å². The molecule has 0 radical (unpaired) electrons. The Bertz CT molecular complexity index is 366. The van der Waals surface area contributed by atoms with Crippen molar-refractivity contribution in [1.82, 2.24) is 9.99 Å². The van der Waals surface area contributed by atoms with Gasteiger partial charge in [0.15, 0.2) is 0 Å². The molecule has 2 heterocycles. The number of nitrogens with zero attached hydrogens (tertiary/aromatic N) is 3. The monoisotopic (exact) mass is 209 g/mol. The van der Waals surface area contributed by atoms with Crippen LogP contribution in [-0.2, 0) is 4.79 Å². The van der Waals surface area contributed by atoms with E-state index in [0.717, 1.165) is 23.5 Å². The topological polar surface area (TPSA) is 45.6 Å². The van der Waals surface area contributed by atoms with Gasteiger partial charge in [-0.25, -0.2) is 9.99 Å². The van der Waals surface area contributed by atoms with Gasteiger partial charge in [0.1, 0.15) is 11.0 Å². The maximum Gasteiger partial charge on any atom is 0.230 e. The molecule has 5 heteroatoms. The van der Waals surface area contributed by atoms with Gasteiger partial charge in [-0.15, -0.1) is 11.3 Å². The van der Waals surface area contributed by atoms with Crippen LogP contribution in [-0.4, -0.2) is 22.6 Å². The molecule has 0 saturated heterocycles. The number of thiazole rings is 1. The summed E-state index contributed by atoms with van der Waals surface area (Å²) < 4.78 is 0. The van der Waals surface area contributed by atoms with E-state index in [1.54, 1.807) is 17.6 Å². The van der Waals surface area contributed by atoms with E-state index >= 15 is 0 Å². The highest BCUT2D eigenvalue weighted by atomic mass is 32.1. The number of carbonyl (C=O) groups is 1. The minimum Gasteiger partial charge on any atom is -0.277 e. The van der Waals surface area contributed by atoms with Crippen LogP contribution in [0.3, 0.4) is 0 Å². The summed E-state index contributed by atoms with van der Waals surface area (Å²) in [7, 11) is 0. The molecule has 0 spiro atoms. The quantitative estimate of drug-likeness (QED) is 0.695. The number of aryl methyl sites for hydroxylation is 2. The fraction of sp³-hybridized carbons (Fsp3) is 0.444. The SMILES string of the molecule is Cc1nc(C2CC=NN2C=O)sc1C. The molecule has 0 N–H and O–H groups in total. The average Bonchev–Trinajstić information content (AvgIpc) is 2.73. The van der Waals surface area contributed by atoms with Gasteiger partial charge < -0.3 is 0 Å². The second kappa shape index (κ2) is 3.49. The zero-order valence-corrected chi connectivity index (χ0v) is 8.91. The maximum atomic E-state index is 10.7. The van der Waals surface area contributed by atoms with Crippen molar-refractivity contribution in [3.63, 3.8) is 0 Å². The number of hydrazone groups is 1. The van der Waals surface area contributed by atoms with E-state index < -0.39 is 0 Å². The lowest BCUT2D eigenvalue weighted by Crippen LogP contribution is -2.17. The third-order valence-electron chi connectivity index (χ3n) is 2.30. The largest absolute Gasteiger partial charge is 0.277 e. The Labute approximate surface area is 86.3 Å². The van der Waals surface area contributed by atoms with Crippen molar-refractivity contribution in [3.05, 3.63) is 15.6 Å². The molecule has 2 rings (SSSR count). The third kappa shape index (κ3) is 1.43. The van der Waals surface area contributed by atoms with Crippen molar-refractivity contribution in [2.75, 3.05) is 0 Å². The zero-order valence-electron chi connectivity index (χ0n) is 8.10. The van der Waals surface area contributed by atoms with Gasteiger partial charge in [-0.1, -0.05) is 0 Å². The smallest absolute Gasteiger partial charge is 0.230 e. The summed E-state index contributed by atoms with van der Waals surface area (Å²) >= 11 is 1.64. The number of aromatic nitrogens is 1. The summed E-state index contributed by atoms with van der Waals surface area (Å²) in [4.78, 5) is 16.3. The van der Waals surface area contributed by atoms with Crippen molar-refractivity contribution in [2.24, 2.45) is 5.10 Å². The fourth-order valence-electron chi connectivity index (χ4n) is 1.38. The summed E-state index contributed by atoms with van der Waals surface area (Å²) in [5.41, 5.74) is 1.04. The molecule has 14 heavy (non-hydrogen) atoms. The first-order valence-electron chi connectivity index (χ1n) is 4.42. The predicted octanol–water partition coefficient (Wildman–Crippen LogP) is 1.65. The van der Waals surface area contributed by atoms with Crippen molar-refractivity contribution in [3.8, 4) is 0 Å². The number of amides is 1. The van der Waals surface area contributed by atoms with Gasteiger partial charge >= 0.3 is 0 Å². The van der Waals surface area contributed by atoms with E-state index in [1.807, 2.05) is 13.8 Å². The number of hydrogen-bond acceptors (Lipinski definition) is 4. The fourth-order valence-corrected chi connectivity index (χ4v) is 2.41.